The van der Waals surface area contributed by atoms with Crippen molar-refractivity contribution in [2.45, 2.75) is 13.0 Å². The van der Waals surface area contributed by atoms with Gasteiger partial charge in [-0.25, -0.2) is 0 Å². The number of tetrazole rings is 1. The van der Waals surface area contributed by atoms with E-state index in [9.17, 15) is 0 Å². The van der Waals surface area contributed by atoms with Crippen LogP contribution in [0.25, 0.3) is 5.69 Å². The van der Waals surface area contributed by atoms with E-state index in [2.05, 4.69) is 26.9 Å². The third-order valence-electron chi connectivity index (χ3n) is 3.36. The molecule has 108 valence electrons. The van der Waals surface area contributed by atoms with Crippen LogP contribution in [0.5, 0.6) is 0 Å². The van der Waals surface area contributed by atoms with Gasteiger partial charge in [0.2, 0.25) is 5.95 Å². The van der Waals surface area contributed by atoms with Gasteiger partial charge in [-0.1, -0.05) is 35.4 Å². The van der Waals surface area contributed by atoms with Gasteiger partial charge in [-0.05, 0) is 47.2 Å². The molecule has 3 aromatic rings. The molecular weight excluding hydrogens is 276 g/mol. The van der Waals surface area contributed by atoms with Gasteiger partial charge >= 0.3 is 0 Å². The van der Waals surface area contributed by atoms with Gasteiger partial charge in [0.15, 0.2) is 0 Å². The van der Waals surface area contributed by atoms with Crippen LogP contribution in [0.1, 0.15) is 24.1 Å². The van der Waals surface area contributed by atoms with Crippen LogP contribution in [0, 0.1) is 11.3 Å². The summed E-state index contributed by atoms with van der Waals surface area (Å²) in [5, 5.41) is 23.9. The molecule has 0 saturated heterocycles. The van der Waals surface area contributed by atoms with E-state index in [0.29, 0.717) is 11.5 Å². The molecule has 1 heterocycles. The Morgan fingerprint density at radius 3 is 2.50 bits per heavy atom. The largest absolute Gasteiger partial charge is 0.346 e. The highest BCUT2D eigenvalue weighted by Crippen LogP contribution is 2.19. The Labute approximate surface area is 128 Å². The Hall–Kier alpha value is -3.20. The first kappa shape index (κ1) is 13.8. The SMILES string of the molecule is C[C@@H](Nc1nnnn1-c1ccccc1)c1ccc(C#N)cc1. The molecule has 0 bridgehead atoms. The molecule has 2 aromatic carbocycles. The number of anilines is 1. The number of rotatable bonds is 4. The highest BCUT2D eigenvalue weighted by molar-refractivity contribution is 5.41. The summed E-state index contributed by atoms with van der Waals surface area (Å²) in [6.07, 6.45) is 0. The number of para-hydroxylation sites is 1. The standard InChI is InChI=1S/C16H14N6/c1-12(14-9-7-13(11-17)8-10-14)18-16-19-20-21-22(16)15-5-3-2-4-6-15/h2-10,12H,1H3,(H,18,19,21)/t12-/m1/s1. The van der Waals surface area contributed by atoms with Crippen LogP contribution in [0.4, 0.5) is 5.95 Å². The van der Waals surface area contributed by atoms with Gasteiger partial charge in [-0.3, -0.25) is 0 Å². The second-order valence-electron chi connectivity index (χ2n) is 4.85. The lowest BCUT2D eigenvalue weighted by Crippen LogP contribution is -2.11. The zero-order valence-electron chi connectivity index (χ0n) is 12.0. The fourth-order valence-corrected chi connectivity index (χ4v) is 2.14. The molecule has 0 fully saturated rings. The maximum absolute atomic E-state index is 8.84. The summed E-state index contributed by atoms with van der Waals surface area (Å²) < 4.78 is 1.65. The van der Waals surface area contributed by atoms with E-state index in [1.54, 1.807) is 16.8 Å². The molecule has 22 heavy (non-hydrogen) atoms. The maximum Gasteiger partial charge on any atom is 0.248 e. The van der Waals surface area contributed by atoms with E-state index in [1.165, 1.54) is 0 Å². The number of nitrogens with zero attached hydrogens (tertiary/aromatic N) is 5. The van der Waals surface area contributed by atoms with E-state index in [1.807, 2.05) is 49.4 Å². The smallest absolute Gasteiger partial charge is 0.248 e. The molecule has 6 heteroatoms. The van der Waals surface area contributed by atoms with Gasteiger partial charge in [0.1, 0.15) is 0 Å². The van der Waals surface area contributed by atoms with Crippen molar-refractivity contribution in [3.05, 3.63) is 65.7 Å². The highest BCUT2D eigenvalue weighted by Gasteiger charge is 2.12. The average Bonchev–Trinajstić information content (AvgIpc) is 3.04. The molecule has 0 unspecified atom stereocenters. The minimum absolute atomic E-state index is 0.0150. The van der Waals surface area contributed by atoms with Gasteiger partial charge in [0, 0.05) is 0 Å². The van der Waals surface area contributed by atoms with Crippen molar-refractivity contribution < 1.29 is 0 Å². The minimum Gasteiger partial charge on any atom is -0.346 e. The van der Waals surface area contributed by atoms with Gasteiger partial charge in [0.05, 0.1) is 23.4 Å². The first-order chi connectivity index (χ1) is 10.8. The van der Waals surface area contributed by atoms with Crippen molar-refractivity contribution in [2.75, 3.05) is 5.32 Å². The number of benzene rings is 2. The lowest BCUT2D eigenvalue weighted by molar-refractivity contribution is 0.780. The molecule has 0 amide bonds. The van der Waals surface area contributed by atoms with Crippen LogP contribution < -0.4 is 5.32 Å². The molecule has 0 aliphatic carbocycles. The Morgan fingerprint density at radius 1 is 1.09 bits per heavy atom. The Morgan fingerprint density at radius 2 is 1.82 bits per heavy atom. The number of nitrogens with one attached hydrogen (secondary N) is 1. The summed E-state index contributed by atoms with van der Waals surface area (Å²) in [5.74, 6) is 0.572. The highest BCUT2D eigenvalue weighted by atomic mass is 15.6. The molecule has 1 N–H and O–H groups in total. The van der Waals surface area contributed by atoms with E-state index in [0.717, 1.165) is 11.3 Å². The fraction of sp³-hybridized carbons (Fsp3) is 0.125. The number of hydrogen-bond acceptors (Lipinski definition) is 5. The minimum atomic E-state index is 0.0150. The van der Waals surface area contributed by atoms with Gasteiger partial charge in [-0.15, -0.1) is 0 Å². The van der Waals surface area contributed by atoms with Crippen molar-refractivity contribution >= 4 is 5.95 Å². The number of aromatic nitrogens is 4. The van der Waals surface area contributed by atoms with E-state index < -0.39 is 0 Å². The van der Waals surface area contributed by atoms with Crippen LogP contribution in [-0.2, 0) is 0 Å². The van der Waals surface area contributed by atoms with Crippen LogP contribution in [-0.4, -0.2) is 20.2 Å². The van der Waals surface area contributed by atoms with Crippen molar-refractivity contribution in [2.24, 2.45) is 0 Å². The Kier molecular flexibility index (Phi) is 3.79. The van der Waals surface area contributed by atoms with Crippen molar-refractivity contribution in [1.29, 1.82) is 5.26 Å². The van der Waals surface area contributed by atoms with E-state index in [-0.39, 0.29) is 6.04 Å². The summed E-state index contributed by atoms with van der Waals surface area (Å²) in [5.41, 5.74) is 2.59. The maximum atomic E-state index is 8.84. The first-order valence-corrected chi connectivity index (χ1v) is 6.88. The third-order valence-corrected chi connectivity index (χ3v) is 3.36. The van der Waals surface area contributed by atoms with E-state index >= 15 is 0 Å². The van der Waals surface area contributed by atoms with Crippen LogP contribution in [0.3, 0.4) is 0 Å². The van der Waals surface area contributed by atoms with Crippen LogP contribution >= 0.6 is 0 Å². The van der Waals surface area contributed by atoms with Crippen molar-refractivity contribution in [3.63, 3.8) is 0 Å². The Balaban J connectivity index is 1.81. The molecule has 0 saturated carbocycles. The molecule has 6 nitrogen and oxygen atoms in total. The normalized spacial score (nSPS) is 11.6. The predicted octanol–water partition coefficient (Wildman–Crippen LogP) is 2.71. The summed E-state index contributed by atoms with van der Waals surface area (Å²) in [4.78, 5) is 0. The molecule has 1 aromatic heterocycles. The molecule has 1 atom stereocenters. The van der Waals surface area contributed by atoms with Gasteiger partial charge in [-0.2, -0.15) is 9.94 Å². The zero-order chi connectivity index (χ0) is 15.4. The van der Waals surface area contributed by atoms with E-state index in [4.69, 9.17) is 5.26 Å². The lowest BCUT2D eigenvalue weighted by Gasteiger charge is -2.14. The summed E-state index contributed by atoms with van der Waals surface area (Å²) >= 11 is 0. The monoisotopic (exact) mass is 290 g/mol. The summed E-state index contributed by atoms with van der Waals surface area (Å²) in [6.45, 7) is 2.02. The van der Waals surface area contributed by atoms with Gasteiger partial charge < -0.3 is 5.32 Å². The molecular formula is C16H14N6. The van der Waals surface area contributed by atoms with Crippen molar-refractivity contribution in [3.8, 4) is 11.8 Å². The van der Waals surface area contributed by atoms with Crippen molar-refractivity contribution in [1.82, 2.24) is 20.2 Å². The molecule has 0 aliphatic rings. The quantitative estimate of drug-likeness (QED) is 0.799. The zero-order valence-corrected chi connectivity index (χ0v) is 12.0. The Bertz CT molecular complexity index is 786. The summed E-state index contributed by atoms with van der Waals surface area (Å²) in [7, 11) is 0. The molecule has 0 spiro atoms. The lowest BCUT2D eigenvalue weighted by atomic mass is 10.1. The number of nitriles is 1. The first-order valence-electron chi connectivity index (χ1n) is 6.88. The topological polar surface area (TPSA) is 79.4 Å². The van der Waals surface area contributed by atoms with Gasteiger partial charge in [0.25, 0.3) is 0 Å². The predicted molar refractivity (Wildman–Crippen MR) is 82.3 cm³/mol. The molecule has 0 radical (unpaired) electrons. The average molecular weight is 290 g/mol. The van der Waals surface area contributed by atoms with Crippen LogP contribution in [0.2, 0.25) is 0 Å². The fourth-order valence-electron chi connectivity index (χ4n) is 2.14. The second kappa shape index (κ2) is 6.06. The molecule has 3 rings (SSSR count). The second-order valence-corrected chi connectivity index (χ2v) is 4.85. The third kappa shape index (κ3) is 2.79. The number of hydrogen-bond donors (Lipinski definition) is 1. The van der Waals surface area contributed by atoms with Crippen LogP contribution in [0.15, 0.2) is 54.6 Å². The molecule has 0 aliphatic heterocycles. The summed E-state index contributed by atoms with van der Waals surface area (Å²) in [6, 6.07) is 19.3.